The Kier molecular flexibility index (Phi) is 7.05. The quantitative estimate of drug-likeness (QED) is 0.258. The Bertz CT molecular complexity index is 1300. The van der Waals surface area contributed by atoms with Gasteiger partial charge in [0.1, 0.15) is 34.5 Å². The topological polar surface area (TPSA) is 94.6 Å². The number of carbonyl (C=O) groups is 1. The van der Waals surface area contributed by atoms with Gasteiger partial charge in [-0.1, -0.05) is 55.3 Å². The maximum absolute atomic E-state index is 12.9. The zero-order valence-corrected chi connectivity index (χ0v) is 19.3. The van der Waals surface area contributed by atoms with Crippen LogP contribution in [0.1, 0.15) is 47.2 Å². The molecule has 0 fully saturated rings. The van der Waals surface area contributed by atoms with Crippen molar-refractivity contribution in [2.24, 2.45) is 5.73 Å². The average molecular weight is 475 g/mol. The molecule has 0 saturated heterocycles. The molecule has 0 radical (unpaired) electrons. The maximum Gasteiger partial charge on any atom is 0.347 e. The Hall–Kier alpha value is -3.95. The molecule has 0 aromatic heterocycles. The minimum Gasteiger partial charge on any atom is -0.493 e. The Morgan fingerprint density at radius 2 is 1.97 bits per heavy atom. The normalized spacial score (nSPS) is 14.6. The van der Waals surface area contributed by atoms with E-state index in [1.165, 1.54) is 0 Å². The Morgan fingerprint density at radius 1 is 1.15 bits per heavy atom. The zero-order chi connectivity index (χ0) is 24.1. The minimum atomic E-state index is -0.546. The molecular formula is C27H23ClN2O4. The lowest BCUT2D eigenvalue weighted by atomic mass is 9.83. The van der Waals surface area contributed by atoms with Crippen LogP contribution in [0.2, 0.25) is 5.02 Å². The van der Waals surface area contributed by atoms with Gasteiger partial charge in [-0.25, -0.2) is 4.79 Å². The van der Waals surface area contributed by atoms with Crippen LogP contribution in [0, 0.1) is 11.3 Å². The molecule has 3 aromatic rings. The first-order valence-electron chi connectivity index (χ1n) is 10.9. The molecule has 1 atom stereocenters. The first-order chi connectivity index (χ1) is 16.5. The predicted octanol–water partition coefficient (Wildman–Crippen LogP) is 5.96. The van der Waals surface area contributed by atoms with Crippen molar-refractivity contribution in [2.75, 3.05) is 6.61 Å². The van der Waals surface area contributed by atoms with Gasteiger partial charge in [-0.05, 0) is 42.3 Å². The number of hydrogen-bond acceptors (Lipinski definition) is 6. The summed E-state index contributed by atoms with van der Waals surface area (Å²) in [5.74, 6) is 0.157. The Labute approximate surface area is 203 Å². The molecule has 4 rings (SSSR count). The summed E-state index contributed by atoms with van der Waals surface area (Å²) < 4.78 is 17.1. The van der Waals surface area contributed by atoms with E-state index < -0.39 is 11.9 Å². The third-order valence-corrected chi connectivity index (χ3v) is 5.68. The second-order valence-electron chi connectivity index (χ2n) is 7.77. The molecule has 3 aromatic carbocycles. The van der Waals surface area contributed by atoms with Gasteiger partial charge in [0.2, 0.25) is 5.88 Å². The van der Waals surface area contributed by atoms with E-state index in [2.05, 4.69) is 13.0 Å². The van der Waals surface area contributed by atoms with Crippen LogP contribution in [0.4, 0.5) is 0 Å². The van der Waals surface area contributed by atoms with Gasteiger partial charge < -0.3 is 19.9 Å². The van der Waals surface area contributed by atoms with Crippen molar-refractivity contribution in [1.82, 2.24) is 0 Å². The van der Waals surface area contributed by atoms with Gasteiger partial charge >= 0.3 is 5.97 Å². The second-order valence-corrected chi connectivity index (χ2v) is 8.20. The van der Waals surface area contributed by atoms with Crippen LogP contribution in [0.3, 0.4) is 0 Å². The number of ether oxygens (including phenoxy) is 3. The lowest BCUT2D eigenvalue weighted by Gasteiger charge is -2.26. The monoisotopic (exact) mass is 474 g/mol. The molecule has 7 heteroatoms. The van der Waals surface area contributed by atoms with Gasteiger partial charge in [0, 0.05) is 16.7 Å². The molecule has 1 unspecified atom stereocenters. The number of nitrogens with zero attached hydrogens (tertiary/aromatic N) is 1. The molecule has 0 amide bonds. The number of halogens is 1. The van der Waals surface area contributed by atoms with E-state index in [1.54, 1.807) is 48.5 Å². The van der Waals surface area contributed by atoms with E-state index in [4.69, 9.17) is 31.5 Å². The molecule has 6 nitrogen and oxygen atoms in total. The van der Waals surface area contributed by atoms with Crippen LogP contribution in [-0.4, -0.2) is 12.6 Å². The van der Waals surface area contributed by atoms with E-state index in [0.717, 1.165) is 24.0 Å². The fourth-order valence-electron chi connectivity index (χ4n) is 3.78. The van der Waals surface area contributed by atoms with Crippen molar-refractivity contribution in [3.05, 3.63) is 99.9 Å². The summed E-state index contributed by atoms with van der Waals surface area (Å²) in [7, 11) is 0. The molecule has 172 valence electrons. The third kappa shape index (κ3) is 4.85. The van der Waals surface area contributed by atoms with E-state index in [1.807, 2.05) is 18.2 Å². The minimum absolute atomic E-state index is 0.00174. The van der Waals surface area contributed by atoms with Gasteiger partial charge in [-0.3, -0.25) is 0 Å². The lowest BCUT2D eigenvalue weighted by Crippen LogP contribution is -2.21. The molecule has 0 aliphatic carbocycles. The van der Waals surface area contributed by atoms with Crippen molar-refractivity contribution in [1.29, 1.82) is 5.26 Å². The van der Waals surface area contributed by atoms with Crippen LogP contribution < -0.4 is 19.9 Å². The molecule has 0 spiro atoms. The first kappa shape index (κ1) is 23.2. The van der Waals surface area contributed by atoms with Crippen molar-refractivity contribution >= 4 is 17.6 Å². The first-order valence-corrected chi connectivity index (χ1v) is 11.3. The second kappa shape index (κ2) is 10.3. The summed E-state index contributed by atoms with van der Waals surface area (Å²) in [4.78, 5) is 12.9. The van der Waals surface area contributed by atoms with E-state index >= 15 is 0 Å². The Balaban J connectivity index is 1.63. The summed E-state index contributed by atoms with van der Waals surface area (Å²) in [6, 6.07) is 21.4. The van der Waals surface area contributed by atoms with Crippen molar-refractivity contribution in [3.8, 4) is 23.3 Å². The number of esters is 1. The molecule has 2 N–H and O–H groups in total. The summed E-state index contributed by atoms with van der Waals surface area (Å²) >= 11 is 6.18. The van der Waals surface area contributed by atoms with Gasteiger partial charge in [0.25, 0.3) is 0 Å². The van der Waals surface area contributed by atoms with Gasteiger partial charge in [0.15, 0.2) is 0 Å². The standard InChI is InChI=1S/C27H23ClN2O4/c1-2-3-13-32-23-10-5-4-9-21(23)27(31)33-19-11-12-20-24(15-19)34-26(30)22(16-29)25(20)17-7-6-8-18(28)14-17/h4-12,14-15,25H,2-3,13,30H2,1H3. The highest BCUT2D eigenvalue weighted by Gasteiger charge is 2.31. The SMILES string of the molecule is CCCCOc1ccccc1C(=O)Oc1ccc2c(c1)OC(N)=C(C#N)C2c1cccc(Cl)c1. The van der Waals surface area contributed by atoms with Crippen LogP contribution >= 0.6 is 11.6 Å². The lowest BCUT2D eigenvalue weighted by molar-refractivity contribution is 0.0730. The highest BCUT2D eigenvalue weighted by molar-refractivity contribution is 6.30. The molecule has 1 aliphatic heterocycles. The number of nitrogens with two attached hydrogens (primary N) is 1. The number of benzene rings is 3. The van der Waals surface area contributed by atoms with E-state index in [-0.39, 0.29) is 17.2 Å². The molecule has 1 heterocycles. The number of para-hydroxylation sites is 1. The number of carbonyl (C=O) groups excluding carboxylic acids is 1. The number of nitriles is 1. The summed E-state index contributed by atoms with van der Waals surface area (Å²) in [5.41, 5.74) is 8.21. The molecular weight excluding hydrogens is 452 g/mol. The van der Waals surface area contributed by atoms with Gasteiger partial charge in [0.05, 0.1) is 12.5 Å². The predicted molar refractivity (Wildman–Crippen MR) is 129 cm³/mol. The molecule has 0 bridgehead atoms. The fourth-order valence-corrected chi connectivity index (χ4v) is 3.98. The van der Waals surface area contributed by atoms with Gasteiger partial charge in [-0.2, -0.15) is 5.26 Å². The highest BCUT2D eigenvalue weighted by Crippen LogP contribution is 2.43. The summed E-state index contributed by atoms with van der Waals surface area (Å²) in [6.07, 6.45) is 1.88. The van der Waals surface area contributed by atoms with Gasteiger partial charge in [-0.15, -0.1) is 0 Å². The number of rotatable bonds is 7. The van der Waals surface area contributed by atoms with Crippen LogP contribution in [0.15, 0.2) is 78.2 Å². The van der Waals surface area contributed by atoms with Crippen molar-refractivity contribution < 1.29 is 19.0 Å². The van der Waals surface area contributed by atoms with E-state index in [0.29, 0.717) is 28.7 Å². The number of hydrogen-bond donors (Lipinski definition) is 1. The van der Waals surface area contributed by atoms with E-state index in [9.17, 15) is 10.1 Å². The largest absolute Gasteiger partial charge is 0.493 e. The number of unbranched alkanes of at least 4 members (excludes halogenated alkanes) is 1. The highest BCUT2D eigenvalue weighted by atomic mass is 35.5. The number of fused-ring (bicyclic) bond motifs is 1. The molecule has 0 saturated carbocycles. The average Bonchev–Trinajstić information content (AvgIpc) is 2.83. The third-order valence-electron chi connectivity index (χ3n) is 5.45. The summed E-state index contributed by atoms with van der Waals surface area (Å²) in [5, 5.41) is 10.3. The maximum atomic E-state index is 12.9. The van der Waals surface area contributed by atoms with Crippen LogP contribution in [0.25, 0.3) is 0 Å². The summed E-state index contributed by atoms with van der Waals surface area (Å²) in [6.45, 7) is 2.59. The Morgan fingerprint density at radius 3 is 2.74 bits per heavy atom. The van der Waals surface area contributed by atoms with Crippen LogP contribution in [0.5, 0.6) is 17.2 Å². The fraction of sp³-hybridized carbons (Fsp3) is 0.185. The van der Waals surface area contributed by atoms with Crippen LogP contribution in [-0.2, 0) is 0 Å². The smallest absolute Gasteiger partial charge is 0.347 e. The molecule has 34 heavy (non-hydrogen) atoms. The zero-order valence-electron chi connectivity index (χ0n) is 18.6. The van der Waals surface area contributed by atoms with Crippen molar-refractivity contribution in [2.45, 2.75) is 25.7 Å². The molecule has 1 aliphatic rings. The number of allylic oxidation sites excluding steroid dienone is 1. The van der Waals surface area contributed by atoms with Crippen molar-refractivity contribution in [3.63, 3.8) is 0 Å².